The summed E-state index contributed by atoms with van der Waals surface area (Å²) in [5.41, 5.74) is 6.06. The lowest BCUT2D eigenvalue weighted by atomic mass is 10.3. The van der Waals surface area contributed by atoms with E-state index in [4.69, 9.17) is 4.42 Å². The Morgan fingerprint density at radius 1 is 0.815 bits per heavy atom. The zero-order valence-electron chi connectivity index (χ0n) is 13.9. The zero-order chi connectivity index (χ0) is 18.9. The molecule has 0 saturated carbocycles. The van der Waals surface area contributed by atoms with Crippen LogP contribution in [0.25, 0.3) is 0 Å². The molecule has 0 aliphatic heterocycles. The maximum atomic E-state index is 12.0. The van der Waals surface area contributed by atoms with Crippen LogP contribution in [0.5, 0.6) is 0 Å². The van der Waals surface area contributed by atoms with Gasteiger partial charge in [-0.2, -0.15) is 10.2 Å². The van der Waals surface area contributed by atoms with E-state index in [2.05, 4.69) is 31.0 Å². The standard InChI is InChI=1S/C18H14N6O3/c25-17(23-21-11-13-3-1-7-19-9-13)15-5-6-16(27-15)18(26)24-22-12-14-4-2-8-20-10-14/h1-12H,(H,23,25)(H,24,26). The minimum Gasteiger partial charge on any atom is -0.446 e. The van der Waals surface area contributed by atoms with Crippen LogP contribution in [0.15, 0.2) is 75.8 Å². The van der Waals surface area contributed by atoms with E-state index in [-0.39, 0.29) is 11.5 Å². The minimum atomic E-state index is -0.590. The fourth-order valence-corrected chi connectivity index (χ4v) is 1.93. The number of hydrogen-bond donors (Lipinski definition) is 2. The predicted molar refractivity (Wildman–Crippen MR) is 97.3 cm³/mol. The van der Waals surface area contributed by atoms with E-state index in [1.807, 2.05) is 0 Å². The Morgan fingerprint density at radius 2 is 1.30 bits per heavy atom. The lowest BCUT2D eigenvalue weighted by Crippen LogP contribution is -2.18. The van der Waals surface area contributed by atoms with Gasteiger partial charge >= 0.3 is 11.8 Å². The number of hydrogen-bond acceptors (Lipinski definition) is 7. The molecule has 2 N–H and O–H groups in total. The molecule has 0 bridgehead atoms. The van der Waals surface area contributed by atoms with Gasteiger partial charge < -0.3 is 4.42 Å². The normalized spacial score (nSPS) is 11.0. The van der Waals surface area contributed by atoms with Crippen LogP contribution in [-0.2, 0) is 0 Å². The molecule has 134 valence electrons. The average Bonchev–Trinajstić information content (AvgIpc) is 3.20. The number of pyridine rings is 2. The second kappa shape index (κ2) is 8.81. The maximum absolute atomic E-state index is 12.0. The monoisotopic (exact) mass is 362 g/mol. The van der Waals surface area contributed by atoms with Gasteiger partial charge in [0.15, 0.2) is 11.5 Å². The van der Waals surface area contributed by atoms with Gasteiger partial charge in [0.2, 0.25) is 0 Å². The Kier molecular flexibility index (Phi) is 5.77. The molecule has 0 atom stereocenters. The van der Waals surface area contributed by atoms with Crippen molar-refractivity contribution < 1.29 is 14.0 Å². The molecule has 0 aliphatic carbocycles. The van der Waals surface area contributed by atoms with Gasteiger partial charge in [0.1, 0.15) is 0 Å². The van der Waals surface area contributed by atoms with E-state index in [0.717, 1.165) is 11.1 Å². The smallest absolute Gasteiger partial charge is 0.307 e. The summed E-state index contributed by atoms with van der Waals surface area (Å²) in [4.78, 5) is 31.8. The number of hydrazone groups is 2. The van der Waals surface area contributed by atoms with E-state index >= 15 is 0 Å². The van der Waals surface area contributed by atoms with Crippen LogP contribution >= 0.6 is 0 Å². The number of nitrogens with zero attached hydrogens (tertiary/aromatic N) is 4. The number of nitrogens with one attached hydrogen (secondary N) is 2. The first-order chi connectivity index (χ1) is 13.2. The highest BCUT2D eigenvalue weighted by molar-refractivity contribution is 5.96. The molecule has 2 amide bonds. The molecule has 3 aromatic heterocycles. The SMILES string of the molecule is O=C(NN=Cc1cccnc1)c1ccc(C(=O)NN=Cc2cccnc2)o1. The Labute approximate surface area is 153 Å². The molecule has 9 heteroatoms. The number of carbonyl (C=O) groups excluding carboxylic acids is 2. The Balaban J connectivity index is 1.54. The summed E-state index contributed by atoms with van der Waals surface area (Å²) in [6.07, 6.45) is 9.33. The van der Waals surface area contributed by atoms with Gasteiger partial charge in [0.05, 0.1) is 12.4 Å². The van der Waals surface area contributed by atoms with Gasteiger partial charge in [-0.25, -0.2) is 10.9 Å². The molecular weight excluding hydrogens is 348 g/mol. The molecule has 0 aromatic carbocycles. The largest absolute Gasteiger partial charge is 0.446 e. The summed E-state index contributed by atoms with van der Waals surface area (Å²) in [7, 11) is 0. The molecule has 0 spiro atoms. The summed E-state index contributed by atoms with van der Waals surface area (Å²) < 4.78 is 5.22. The summed E-state index contributed by atoms with van der Waals surface area (Å²) in [6.45, 7) is 0. The number of furan rings is 1. The van der Waals surface area contributed by atoms with Gasteiger partial charge in [-0.1, -0.05) is 12.1 Å². The van der Waals surface area contributed by atoms with Gasteiger partial charge in [-0.3, -0.25) is 19.6 Å². The van der Waals surface area contributed by atoms with Crippen LogP contribution in [0.4, 0.5) is 0 Å². The van der Waals surface area contributed by atoms with Crippen molar-refractivity contribution >= 4 is 24.2 Å². The van der Waals surface area contributed by atoms with Gasteiger partial charge in [-0.05, 0) is 24.3 Å². The van der Waals surface area contributed by atoms with Crippen molar-refractivity contribution in [3.8, 4) is 0 Å². The summed E-state index contributed by atoms with van der Waals surface area (Å²) in [5.74, 6) is -1.29. The fourth-order valence-electron chi connectivity index (χ4n) is 1.93. The first kappa shape index (κ1) is 17.7. The van der Waals surface area contributed by atoms with Crippen molar-refractivity contribution in [2.24, 2.45) is 10.2 Å². The number of amides is 2. The molecule has 0 saturated heterocycles. The molecule has 0 aliphatic rings. The van der Waals surface area contributed by atoms with Crippen LogP contribution in [-0.4, -0.2) is 34.2 Å². The van der Waals surface area contributed by atoms with Crippen LogP contribution in [0.1, 0.15) is 32.2 Å². The molecule has 9 nitrogen and oxygen atoms in total. The first-order valence-corrected chi connectivity index (χ1v) is 7.79. The maximum Gasteiger partial charge on any atom is 0.307 e. The third-order valence-corrected chi connectivity index (χ3v) is 3.18. The van der Waals surface area contributed by atoms with E-state index in [9.17, 15) is 9.59 Å². The van der Waals surface area contributed by atoms with Crippen molar-refractivity contribution in [1.29, 1.82) is 0 Å². The van der Waals surface area contributed by atoms with Crippen LogP contribution < -0.4 is 10.9 Å². The van der Waals surface area contributed by atoms with Gasteiger partial charge in [-0.15, -0.1) is 0 Å². The second-order valence-corrected chi connectivity index (χ2v) is 5.13. The highest BCUT2D eigenvalue weighted by Crippen LogP contribution is 2.07. The van der Waals surface area contributed by atoms with Gasteiger partial charge in [0, 0.05) is 35.9 Å². The Bertz CT molecular complexity index is 889. The quantitative estimate of drug-likeness (QED) is 0.509. The van der Waals surface area contributed by atoms with E-state index < -0.39 is 11.8 Å². The van der Waals surface area contributed by atoms with E-state index in [0.29, 0.717) is 0 Å². The summed E-state index contributed by atoms with van der Waals surface area (Å²) in [5, 5.41) is 7.60. The van der Waals surface area contributed by atoms with Crippen LogP contribution in [0, 0.1) is 0 Å². The van der Waals surface area contributed by atoms with Crippen molar-refractivity contribution in [2.45, 2.75) is 0 Å². The Morgan fingerprint density at radius 3 is 1.70 bits per heavy atom. The van der Waals surface area contributed by atoms with Crippen LogP contribution in [0.2, 0.25) is 0 Å². The minimum absolute atomic E-state index is 0.0558. The zero-order valence-corrected chi connectivity index (χ0v) is 13.9. The molecular formula is C18H14N6O3. The third-order valence-electron chi connectivity index (χ3n) is 3.18. The van der Waals surface area contributed by atoms with Crippen molar-refractivity contribution in [2.75, 3.05) is 0 Å². The second-order valence-electron chi connectivity index (χ2n) is 5.13. The summed E-state index contributed by atoms with van der Waals surface area (Å²) >= 11 is 0. The predicted octanol–water partition coefficient (Wildman–Crippen LogP) is 1.60. The lowest BCUT2D eigenvalue weighted by Gasteiger charge is -1.97. The average molecular weight is 362 g/mol. The fraction of sp³-hybridized carbons (Fsp3) is 0. The third kappa shape index (κ3) is 5.16. The van der Waals surface area contributed by atoms with Crippen molar-refractivity contribution in [1.82, 2.24) is 20.8 Å². The molecule has 3 heterocycles. The van der Waals surface area contributed by atoms with Gasteiger partial charge in [0.25, 0.3) is 0 Å². The molecule has 0 fully saturated rings. The molecule has 3 rings (SSSR count). The first-order valence-electron chi connectivity index (χ1n) is 7.79. The van der Waals surface area contributed by atoms with Crippen molar-refractivity contribution in [3.63, 3.8) is 0 Å². The number of aromatic nitrogens is 2. The highest BCUT2D eigenvalue weighted by Gasteiger charge is 2.15. The Hall–Kier alpha value is -4.14. The molecule has 0 unspecified atom stereocenters. The van der Waals surface area contributed by atoms with E-state index in [1.54, 1.807) is 49.1 Å². The topological polar surface area (TPSA) is 122 Å². The van der Waals surface area contributed by atoms with Crippen LogP contribution in [0.3, 0.4) is 0 Å². The van der Waals surface area contributed by atoms with Crippen molar-refractivity contribution in [3.05, 3.63) is 83.8 Å². The molecule has 3 aromatic rings. The van der Waals surface area contributed by atoms with E-state index in [1.165, 1.54) is 24.6 Å². The molecule has 0 radical (unpaired) electrons. The lowest BCUT2D eigenvalue weighted by molar-refractivity contribution is 0.0902. The highest BCUT2D eigenvalue weighted by atomic mass is 16.4. The summed E-state index contributed by atoms with van der Waals surface area (Å²) in [6, 6.07) is 9.80. The number of carbonyl (C=O) groups is 2. The number of rotatable bonds is 6. The molecule has 27 heavy (non-hydrogen) atoms.